The first kappa shape index (κ1) is 19.1. The lowest BCUT2D eigenvalue weighted by atomic mass is 10.1. The van der Waals surface area contributed by atoms with Gasteiger partial charge in [-0.25, -0.2) is 0 Å². The Hall–Kier alpha value is -2.68. The first-order chi connectivity index (χ1) is 12.8. The fourth-order valence-corrected chi connectivity index (χ4v) is 3.31. The highest BCUT2D eigenvalue weighted by atomic mass is 32.2. The monoisotopic (exact) mass is 386 g/mol. The second-order valence-electron chi connectivity index (χ2n) is 7.03. The van der Waals surface area contributed by atoms with Gasteiger partial charge in [-0.2, -0.15) is 15.0 Å². The molecule has 0 bridgehead atoms. The smallest absolute Gasteiger partial charge is 0.262 e. The zero-order valence-electron chi connectivity index (χ0n) is 15.7. The summed E-state index contributed by atoms with van der Waals surface area (Å²) in [6.45, 7) is 8.65. The van der Waals surface area contributed by atoms with Crippen molar-refractivity contribution in [2.75, 3.05) is 23.1 Å². The van der Waals surface area contributed by atoms with E-state index in [1.54, 1.807) is 24.3 Å². The molecule has 1 aliphatic heterocycles. The Bertz CT molecular complexity index is 845. The van der Waals surface area contributed by atoms with E-state index in [-0.39, 0.29) is 23.2 Å². The molecule has 0 saturated carbocycles. The maximum absolute atomic E-state index is 12.5. The highest BCUT2D eigenvalue weighted by Gasteiger charge is 2.35. The molecule has 0 spiro atoms. The van der Waals surface area contributed by atoms with Crippen molar-refractivity contribution in [2.24, 2.45) is 0 Å². The third-order valence-electron chi connectivity index (χ3n) is 3.64. The zero-order valence-corrected chi connectivity index (χ0v) is 16.6. The Morgan fingerprint density at radius 2 is 1.59 bits per heavy atom. The summed E-state index contributed by atoms with van der Waals surface area (Å²) in [5.74, 6) is 0.438. The lowest BCUT2D eigenvalue weighted by molar-refractivity contribution is 0.0684. The van der Waals surface area contributed by atoms with E-state index in [0.717, 1.165) is 0 Å². The molecule has 1 aromatic carbocycles. The number of anilines is 2. The predicted molar refractivity (Wildman–Crippen MR) is 105 cm³/mol. The minimum Gasteiger partial charge on any atom is -0.354 e. The average Bonchev–Trinajstić information content (AvgIpc) is 2.83. The van der Waals surface area contributed by atoms with Crippen molar-refractivity contribution in [1.82, 2.24) is 19.9 Å². The van der Waals surface area contributed by atoms with Crippen LogP contribution in [0.3, 0.4) is 0 Å². The van der Waals surface area contributed by atoms with Crippen LogP contribution in [0.4, 0.5) is 11.9 Å². The Balaban J connectivity index is 1.78. The molecule has 27 heavy (non-hydrogen) atoms. The SMILES string of the molecule is CCNc1nc(NC(C)(C)C)nc(SCN2C(=O)c3ccccc3C2=O)n1. The molecular weight excluding hydrogens is 364 g/mol. The number of thioether (sulfide) groups is 1. The van der Waals surface area contributed by atoms with Gasteiger partial charge in [0, 0.05) is 12.1 Å². The van der Waals surface area contributed by atoms with Crippen molar-refractivity contribution >= 4 is 35.5 Å². The van der Waals surface area contributed by atoms with Crippen LogP contribution in [0.15, 0.2) is 29.4 Å². The summed E-state index contributed by atoms with van der Waals surface area (Å²) in [6.07, 6.45) is 0. The summed E-state index contributed by atoms with van der Waals surface area (Å²) in [6, 6.07) is 6.83. The van der Waals surface area contributed by atoms with Crippen LogP contribution in [0.25, 0.3) is 0 Å². The number of aromatic nitrogens is 3. The molecular formula is C18H22N6O2S. The molecule has 1 aromatic heterocycles. The average molecular weight is 386 g/mol. The predicted octanol–water partition coefficient (Wildman–Crippen LogP) is 2.86. The molecule has 3 rings (SSSR count). The van der Waals surface area contributed by atoms with Crippen molar-refractivity contribution in [3.8, 4) is 0 Å². The van der Waals surface area contributed by atoms with Crippen molar-refractivity contribution in [1.29, 1.82) is 0 Å². The molecule has 2 N–H and O–H groups in total. The van der Waals surface area contributed by atoms with Crippen molar-refractivity contribution in [3.05, 3.63) is 35.4 Å². The topological polar surface area (TPSA) is 100 Å². The van der Waals surface area contributed by atoms with E-state index in [1.807, 2.05) is 27.7 Å². The summed E-state index contributed by atoms with van der Waals surface area (Å²) in [5.41, 5.74) is 0.652. The number of imide groups is 1. The lowest BCUT2D eigenvalue weighted by Gasteiger charge is -2.21. The highest BCUT2D eigenvalue weighted by molar-refractivity contribution is 7.99. The molecule has 0 unspecified atom stereocenters. The standard InChI is InChI=1S/C18H22N6O2S/c1-5-19-15-20-16(23-18(2,3)4)22-17(21-15)27-10-24-13(25)11-8-6-7-9-12(11)14(24)26/h6-9H,5,10H2,1-4H3,(H2,19,20,21,22,23). The Kier molecular flexibility index (Phi) is 5.31. The zero-order chi connectivity index (χ0) is 19.6. The number of benzene rings is 1. The molecule has 0 aliphatic carbocycles. The van der Waals surface area contributed by atoms with E-state index in [1.165, 1.54) is 16.7 Å². The molecule has 2 heterocycles. The number of nitrogens with one attached hydrogen (secondary N) is 2. The third-order valence-corrected chi connectivity index (χ3v) is 4.47. The second kappa shape index (κ2) is 7.51. The van der Waals surface area contributed by atoms with E-state index >= 15 is 0 Å². The van der Waals surface area contributed by atoms with Gasteiger partial charge in [0.25, 0.3) is 11.8 Å². The molecule has 142 valence electrons. The fraction of sp³-hybridized carbons (Fsp3) is 0.389. The normalized spacial score (nSPS) is 13.7. The number of carbonyl (C=O) groups excluding carboxylic acids is 2. The van der Waals surface area contributed by atoms with Crippen LogP contribution in [-0.2, 0) is 0 Å². The number of carbonyl (C=O) groups is 2. The first-order valence-corrected chi connectivity index (χ1v) is 9.63. The molecule has 8 nitrogen and oxygen atoms in total. The van der Waals surface area contributed by atoms with Gasteiger partial charge in [0.15, 0.2) is 5.16 Å². The van der Waals surface area contributed by atoms with Gasteiger partial charge in [-0.05, 0) is 39.8 Å². The van der Waals surface area contributed by atoms with Gasteiger partial charge < -0.3 is 10.6 Å². The first-order valence-electron chi connectivity index (χ1n) is 8.64. The summed E-state index contributed by atoms with van der Waals surface area (Å²) in [5, 5.41) is 6.72. The molecule has 0 atom stereocenters. The minimum absolute atomic E-state index is 0.136. The summed E-state index contributed by atoms with van der Waals surface area (Å²) >= 11 is 1.22. The van der Waals surface area contributed by atoms with Gasteiger partial charge in [-0.15, -0.1) is 0 Å². The minimum atomic E-state index is -0.294. The number of amides is 2. The number of nitrogens with zero attached hydrogens (tertiary/aromatic N) is 4. The maximum Gasteiger partial charge on any atom is 0.262 e. The Morgan fingerprint density at radius 1 is 1.00 bits per heavy atom. The number of hydrogen-bond donors (Lipinski definition) is 2. The number of rotatable bonds is 6. The maximum atomic E-state index is 12.5. The quantitative estimate of drug-likeness (QED) is 0.577. The highest BCUT2D eigenvalue weighted by Crippen LogP contribution is 2.26. The summed E-state index contributed by atoms with van der Waals surface area (Å²) in [7, 11) is 0. The second-order valence-corrected chi connectivity index (χ2v) is 7.94. The van der Waals surface area contributed by atoms with E-state index in [0.29, 0.717) is 34.7 Å². The van der Waals surface area contributed by atoms with Crippen LogP contribution in [-0.4, -0.2) is 49.6 Å². The van der Waals surface area contributed by atoms with E-state index < -0.39 is 0 Å². The molecule has 2 amide bonds. The van der Waals surface area contributed by atoms with Crippen molar-refractivity contribution in [3.63, 3.8) is 0 Å². The van der Waals surface area contributed by atoms with Crippen molar-refractivity contribution in [2.45, 2.75) is 38.4 Å². The van der Waals surface area contributed by atoms with Gasteiger partial charge in [0.1, 0.15) is 0 Å². The Morgan fingerprint density at radius 3 is 2.15 bits per heavy atom. The molecule has 1 aliphatic rings. The van der Waals surface area contributed by atoms with E-state index in [9.17, 15) is 9.59 Å². The molecule has 9 heteroatoms. The number of fused-ring (bicyclic) bond motifs is 1. The van der Waals surface area contributed by atoms with Crippen LogP contribution in [0.2, 0.25) is 0 Å². The molecule has 2 aromatic rings. The van der Waals surface area contributed by atoms with E-state index in [4.69, 9.17) is 0 Å². The van der Waals surface area contributed by atoms with Gasteiger partial charge in [-0.3, -0.25) is 14.5 Å². The molecule has 0 saturated heterocycles. The summed E-state index contributed by atoms with van der Waals surface area (Å²) < 4.78 is 0. The lowest BCUT2D eigenvalue weighted by Crippen LogP contribution is -2.29. The van der Waals surface area contributed by atoms with Crippen molar-refractivity contribution < 1.29 is 9.59 Å². The van der Waals surface area contributed by atoms with E-state index in [2.05, 4.69) is 25.6 Å². The van der Waals surface area contributed by atoms with Gasteiger partial charge in [0.2, 0.25) is 11.9 Å². The van der Waals surface area contributed by atoms with Gasteiger partial charge >= 0.3 is 0 Å². The summed E-state index contributed by atoms with van der Waals surface area (Å²) in [4.78, 5) is 39.2. The van der Waals surface area contributed by atoms with Crippen LogP contribution in [0.5, 0.6) is 0 Å². The Labute approximate surface area is 162 Å². The molecule has 0 radical (unpaired) electrons. The fourth-order valence-electron chi connectivity index (χ4n) is 2.53. The molecule has 0 fully saturated rings. The van der Waals surface area contributed by atoms with Gasteiger partial charge in [0.05, 0.1) is 17.0 Å². The van der Waals surface area contributed by atoms with Crippen LogP contribution >= 0.6 is 11.8 Å². The van der Waals surface area contributed by atoms with Crippen LogP contribution in [0, 0.1) is 0 Å². The largest absolute Gasteiger partial charge is 0.354 e. The third kappa shape index (κ3) is 4.36. The van der Waals surface area contributed by atoms with Gasteiger partial charge in [-0.1, -0.05) is 23.9 Å². The number of hydrogen-bond acceptors (Lipinski definition) is 8. The van der Waals surface area contributed by atoms with Crippen LogP contribution in [0.1, 0.15) is 48.4 Å². The van der Waals surface area contributed by atoms with Crippen LogP contribution < -0.4 is 10.6 Å².